The van der Waals surface area contributed by atoms with Gasteiger partial charge in [0.2, 0.25) is 0 Å². The minimum atomic E-state index is -0.186. The molecule has 1 N–H and O–H groups in total. The Morgan fingerprint density at radius 3 is 2.45 bits per heavy atom. The van der Waals surface area contributed by atoms with E-state index >= 15 is 0 Å². The number of carbonyl (C=O) groups is 2. The average Bonchev–Trinajstić information content (AvgIpc) is 2.81. The van der Waals surface area contributed by atoms with E-state index in [4.69, 9.17) is 9.47 Å². The molecule has 3 aromatic rings. The summed E-state index contributed by atoms with van der Waals surface area (Å²) in [4.78, 5) is 32.0. The summed E-state index contributed by atoms with van der Waals surface area (Å²) in [6, 6.07) is 14.8. The van der Waals surface area contributed by atoms with E-state index in [1.54, 1.807) is 7.11 Å². The van der Waals surface area contributed by atoms with Crippen molar-refractivity contribution in [3.8, 4) is 5.75 Å². The second-order valence-electron chi connectivity index (χ2n) is 8.53. The first-order valence-corrected chi connectivity index (χ1v) is 11.1. The van der Waals surface area contributed by atoms with Crippen molar-refractivity contribution in [2.75, 3.05) is 20.2 Å². The molecule has 0 radical (unpaired) electrons. The molecule has 172 valence electrons. The number of morpholine rings is 1. The number of nitrogens with zero attached hydrogens (tertiary/aromatic N) is 2. The zero-order valence-electron chi connectivity index (χ0n) is 19.4. The van der Waals surface area contributed by atoms with Crippen LogP contribution in [-0.4, -0.2) is 54.1 Å². The van der Waals surface area contributed by atoms with Crippen molar-refractivity contribution in [1.29, 1.82) is 0 Å². The van der Waals surface area contributed by atoms with Crippen LogP contribution in [0.3, 0.4) is 0 Å². The Balaban J connectivity index is 1.40. The summed E-state index contributed by atoms with van der Waals surface area (Å²) in [5.74, 6) is 0.544. The number of aromatic nitrogens is 1. The summed E-state index contributed by atoms with van der Waals surface area (Å²) < 4.78 is 11.0. The largest absolute Gasteiger partial charge is 0.497 e. The van der Waals surface area contributed by atoms with Crippen LogP contribution in [0.5, 0.6) is 5.75 Å². The molecule has 2 aromatic carbocycles. The van der Waals surface area contributed by atoms with Crippen LogP contribution in [0.1, 0.15) is 45.8 Å². The van der Waals surface area contributed by atoms with Gasteiger partial charge in [0.05, 0.1) is 36.1 Å². The smallest absolute Gasteiger partial charge is 0.254 e. The predicted molar refractivity (Wildman–Crippen MR) is 127 cm³/mol. The van der Waals surface area contributed by atoms with Gasteiger partial charge in [0.15, 0.2) is 0 Å². The lowest BCUT2D eigenvalue weighted by atomic mass is 10.1. The van der Waals surface area contributed by atoms with Crippen LogP contribution in [0.25, 0.3) is 10.9 Å². The number of fused-ring (bicyclic) bond motifs is 1. The van der Waals surface area contributed by atoms with E-state index in [2.05, 4.69) is 10.3 Å². The van der Waals surface area contributed by atoms with Gasteiger partial charge in [0.1, 0.15) is 5.75 Å². The SMILES string of the molecule is COc1ccc2cc(C(=O)NCc3ccc(C(=O)N4CC(C)OC(C)C4)cc3)c(C)nc2c1. The lowest BCUT2D eigenvalue weighted by molar-refractivity contribution is -0.0586. The second-order valence-corrected chi connectivity index (χ2v) is 8.53. The molecular weight excluding hydrogens is 418 g/mol. The summed E-state index contributed by atoms with van der Waals surface area (Å²) >= 11 is 0. The molecule has 1 aromatic heterocycles. The molecule has 1 aliphatic heterocycles. The molecule has 1 fully saturated rings. The molecule has 2 amide bonds. The van der Waals surface area contributed by atoms with Gasteiger partial charge in [-0.05, 0) is 56.7 Å². The quantitative estimate of drug-likeness (QED) is 0.645. The number of benzene rings is 2. The number of ether oxygens (including phenoxy) is 2. The van der Waals surface area contributed by atoms with Gasteiger partial charge in [-0.1, -0.05) is 12.1 Å². The zero-order valence-corrected chi connectivity index (χ0v) is 19.4. The fraction of sp³-hybridized carbons (Fsp3) is 0.346. The van der Waals surface area contributed by atoms with E-state index < -0.39 is 0 Å². The Bertz CT molecular complexity index is 1170. The highest BCUT2D eigenvalue weighted by Crippen LogP contribution is 2.22. The molecule has 2 heterocycles. The first kappa shape index (κ1) is 22.7. The van der Waals surface area contributed by atoms with E-state index in [1.807, 2.05) is 74.2 Å². The number of rotatable bonds is 5. The van der Waals surface area contributed by atoms with Crippen LogP contribution in [-0.2, 0) is 11.3 Å². The number of aryl methyl sites for hydroxylation is 1. The fourth-order valence-corrected chi connectivity index (χ4v) is 4.17. The van der Waals surface area contributed by atoms with Gasteiger partial charge in [-0.25, -0.2) is 0 Å². The maximum Gasteiger partial charge on any atom is 0.254 e. The molecule has 2 atom stereocenters. The highest BCUT2D eigenvalue weighted by molar-refractivity contribution is 5.98. The minimum absolute atomic E-state index is 0.00192. The number of hydrogen-bond donors (Lipinski definition) is 1. The number of nitrogens with one attached hydrogen (secondary N) is 1. The molecule has 2 unspecified atom stereocenters. The molecule has 7 nitrogen and oxygen atoms in total. The van der Waals surface area contributed by atoms with Gasteiger partial charge in [0, 0.05) is 36.7 Å². The third kappa shape index (κ3) is 5.14. The first-order valence-electron chi connectivity index (χ1n) is 11.1. The number of pyridine rings is 1. The molecular formula is C26H29N3O4. The molecule has 0 spiro atoms. The number of carbonyl (C=O) groups excluding carboxylic acids is 2. The van der Waals surface area contributed by atoms with Crippen LogP contribution < -0.4 is 10.1 Å². The summed E-state index contributed by atoms with van der Waals surface area (Å²) in [5.41, 5.74) is 3.53. The summed E-state index contributed by atoms with van der Waals surface area (Å²) in [5, 5.41) is 3.83. The standard InChI is InChI=1S/C26H29N3O4/c1-16-14-29(15-17(2)33-16)26(31)20-7-5-19(6-8-20)13-27-25(30)23-11-21-9-10-22(32-4)12-24(21)28-18(23)3/h5-12,16-17H,13-15H2,1-4H3,(H,27,30). The maximum atomic E-state index is 12.8. The van der Waals surface area contributed by atoms with Crippen molar-refractivity contribution < 1.29 is 19.1 Å². The molecule has 0 bridgehead atoms. The fourth-order valence-electron chi connectivity index (χ4n) is 4.17. The Morgan fingerprint density at radius 1 is 1.09 bits per heavy atom. The van der Waals surface area contributed by atoms with Gasteiger partial charge in [-0.3, -0.25) is 14.6 Å². The molecule has 0 saturated carbocycles. The Hall–Kier alpha value is -3.45. The van der Waals surface area contributed by atoms with E-state index in [-0.39, 0.29) is 24.0 Å². The third-order valence-corrected chi connectivity index (χ3v) is 5.82. The van der Waals surface area contributed by atoms with Gasteiger partial charge >= 0.3 is 0 Å². The minimum Gasteiger partial charge on any atom is -0.497 e. The van der Waals surface area contributed by atoms with Gasteiger partial charge < -0.3 is 19.7 Å². The van der Waals surface area contributed by atoms with Gasteiger partial charge in [-0.2, -0.15) is 0 Å². The zero-order chi connectivity index (χ0) is 23.5. The Morgan fingerprint density at radius 2 is 1.79 bits per heavy atom. The van der Waals surface area contributed by atoms with Crippen molar-refractivity contribution in [3.05, 3.63) is 70.9 Å². The van der Waals surface area contributed by atoms with Crippen molar-refractivity contribution in [1.82, 2.24) is 15.2 Å². The third-order valence-electron chi connectivity index (χ3n) is 5.82. The van der Waals surface area contributed by atoms with E-state index in [1.165, 1.54) is 0 Å². The van der Waals surface area contributed by atoms with E-state index in [0.717, 1.165) is 22.2 Å². The molecule has 1 saturated heterocycles. The van der Waals surface area contributed by atoms with Gasteiger partial charge in [-0.15, -0.1) is 0 Å². The second kappa shape index (κ2) is 9.58. The highest BCUT2D eigenvalue weighted by Gasteiger charge is 2.26. The normalized spacial score (nSPS) is 18.2. The number of amides is 2. The lowest BCUT2D eigenvalue weighted by Gasteiger charge is -2.35. The van der Waals surface area contributed by atoms with Crippen LogP contribution in [0, 0.1) is 6.92 Å². The van der Waals surface area contributed by atoms with Crippen molar-refractivity contribution in [2.24, 2.45) is 0 Å². The van der Waals surface area contributed by atoms with Gasteiger partial charge in [0.25, 0.3) is 11.8 Å². The van der Waals surface area contributed by atoms with Crippen molar-refractivity contribution >= 4 is 22.7 Å². The molecule has 1 aliphatic rings. The van der Waals surface area contributed by atoms with Crippen LogP contribution in [0.15, 0.2) is 48.5 Å². The lowest BCUT2D eigenvalue weighted by Crippen LogP contribution is -2.48. The summed E-state index contributed by atoms with van der Waals surface area (Å²) in [6.07, 6.45) is 0.0598. The maximum absolute atomic E-state index is 12.8. The predicted octanol–water partition coefficient (Wildman–Crippen LogP) is 3.73. The average molecular weight is 448 g/mol. The Kier molecular flexibility index (Phi) is 6.60. The number of methoxy groups -OCH3 is 1. The summed E-state index contributed by atoms with van der Waals surface area (Å²) in [7, 11) is 1.61. The van der Waals surface area contributed by atoms with Crippen molar-refractivity contribution in [3.63, 3.8) is 0 Å². The topological polar surface area (TPSA) is 80.8 Å². The number of hydrogen-bond acceptors (Lipinski definition) is 5. The first-order chi connectivity index (χ1) is 15.8. The molecule has 33 heavy (non-hydrogen) atoms. The van der Waals surface area contributed by atoms with Crippen LogP contribution in [0.2, 0.25) is 0 Å². The van der Waals surface area contributed by atoms with Crippen molar-refractivity contribution in [2.45, 2.75) is 39.5 Å². The van der Waals surface area contributed by atoms with Crippen LogP contribution >= 0.6 is 0 Å². The molecule has 4 rings (SSSR count). The highest BCUT2D eigenvalue weighted by atomic mass is 16.5. The van der Waals surface area contributed by atoms with Crippen LogP contribution in [0.4, 0.5) is 0 Å². The monoisotopic (exact) mass is 447 g/mol. The summed E-state index contributed by atoms with van der Waals surface area (Å²) in [6.45, 7) is 7.32. The van der Waals surface area contributed by atoms with E-state index in [0.29, 0.717) is 36.5 Å². The van der Waals surface area contributed by atoms with E-state index in [9.17, 15) is 9.59 Å². The molecule has 7 heteroatoms. The molecule has 0 aliphatic carbocycles. The Labute approximate surface area is 193 Å².